The number of hydrogen-bond donors (Lipinski definition) is 1. The molecular weight excluding hydrogens is 510 g/mol. The normalized spacial score (nSPS) is 14.8. The van der Waals surface area contributed by atoms with Crippen molar-refractivity contribution in [2.45, 2.75) is 69.5 Å². The Morgan fingerprint density at radius 2 is 1.46 bits per heavy atom. The van der Waals surface area contributed by atoms with E-state index in [9.17, 15) is 18.0 Å². The minimum atomic E-state index is -4.06. The highest BCUT2D eigenvalue weighted by atomic mass is 32.2. The number of nitrogens with zero attached hydrogens (tertiary/aromatic N) is 2. The molecular formula is C31H37N3O4S. The van der Waals surface area contributed by atoms with E-state index in [2.05, 4.69) is 5.32 Å². The van der Waals surface area contributed by atoms with Crippen LogP contribution in [0, 0.1) is 6.92 Å². The molecule has 0 heterocycles. The van der Waals surface area contributed by atoms with Crippen molar-refractivity contribution < 1.29 is 18.0 Å². The van der Waals surface area contributed by atoms with Crippen molar-refractivity contribution in [3.8, 4) is 0 Å². The van der Waals surface area contributed by atoms with Gasteiger partial charge < -0.3 is 10.2 Å². The quantitative estimate of drug-likeness (QED) is 0.385. The summed E-state index contributed by atoms with van der Waals surface area (Å²) in [6, 6.07) is 24.0. The first-order valence-electron chi connectivity index (χ1n) is 13.5. The van der Waals surface area contributed by atoms with Crippen molar-refractivity contribution in [2.24, 2.45) is 0 Å². The molecule has 206 valence electrons. The average Bonchev–Trinajstić information content (AvgIpc) is 2.96. The zero-order valence-electron chi connectivity index (χ0n) is 22.6. The van der Waals surface area contributed by atoms with Crippen LogP contribution in [0.4, 0.5) is 5.69 Å². The second-order valence-electron chi connectivity index (χ2n) is 10.1. The summed E-state index contributed by atoms with van der Waals surface area (Å²) in [5.41, 5.74) is 2.01. The molecule has 0 radical (unpaired) electrons. The Kier molecular flexibility index (Phi) is 9.41. The lowest BCUT2D eigenvalue weighted by Crippen LogP contribution is -2.53. The van der Waals surface area contributed by atoms with Gasteiger partial charge in [-0.2, -0.15) is 0 Å². The van der Waals surface area contributed by atoms with Gasteiger partial charge in [-0.1, -0.05) is 86.0 Å². The Hall–Kier alpha value is -3.65. The number of anilines is 1. The number of benzene rings is 3. The van der Waals surface area contributed by atoms with Crippen molar-refractivity contribution in [3.05, 3.63) is 96.1 Å². The molecule has 0 saturated heterocycles. The van der Waals surface area contributed by atoms with Crippen LogP contribution in [-0.2, 0) is 26.2 Å². The molecule has 0 spiro atoms. The van der Waals surface area contributed by atoms with Crippen LogP contribution in [0.3, 0.4) is 0 Å². The van der Waals surface area contributed by atoms with Crippen LogP contribution in [-0.4, -0.2) is 43.8 Å². The third-order valence-corrected chi connectivity index (χ3v) is 9.08. The summed E-state index contributed by atoms with van der Waals surface area (Å²) < 4.78 is 28.8. The number of para-hydroxylation sites is 1. The second kappa shape index (κ2) is 12.9. The van der Waals surface area contributed by atoms with Crippen molar-refractivity contribution in [2.75, 3.05) is 10.8 Å². The number of hydrogen-bond acceptors (Lipinski definition) is 4. The molecule has 0 aliphatic heterocycles. The molecule has 0 bridgehead atoms. The molecule has 0 aromatic heterocycles. The second-order valence-corrected chi connectivity index (χ2v) is 12.0. The van der Waals surface area contributed by atoms with Gasteiger partial charge in [-0.05, 0) is 56.0 Å². The van der Waals surface area contributed by atoms with Gasteiger partial charge in [0.25, 0.3) is 10.0 Å². The topological polar surface area (TPSA) is 86.8 Å². The van der Waals surface area contributed by atoms with Crippen LogP contribution < -0.4 is 9.62 Å². The number of nitrogens with one attached hydrogen (secondary N) is 1. The molecule has 4 rings (SSSR count). The fraction of sp³-hybridized carbons (Fsp3) is 0.355. The van der Waals surface area contributed by atoms with Gasteiger partial charge in [0.2, 0.25) is 11.8 Å². The first-order chi connectivity index (χ1) is 18.8. The summed E-state index contributed by atoms with van der Waals surface area (Å²) in [6.45, 7) is 3.28. The zero-order chi connectivity index (χ0) is 27.8. The number of aryl methyl sites for hydroxylation is 1. The SMILES string of the molecule is Cc1ccccc1N(CC(=O)N(Cc1ccccc1)[C@H](C)C(=O)NC1CCCCC1)S(=O)(=O)c1ccccc1. The maximum absolute atomic E-state index is 14.0. The van der Waals surface area contributed by atoms with Gasteiger partial charge in [0.05, 0.1) is 10.6 Å². The summed E-state index contributed by atoms with van der Waals surface area (Å²) in [6.07, 6.45) is 5.19. The third kappa shape index (κ3) is 7.06. The largest absolute Gasteiger partial charge is 0.352 e. The minimum absolute atomic E-state index is 0.0961. The van der Waals surface area contributed by atoms with Gasteiger partial charge >= 0.3 is 0 Å². The van der Waals surface area contributed by atoms with Gasteiger partial charge in [0.15, 0.2) is 0 Å². The maximum Gasteiger partial charge on any atom is 0.264 e. The van der Waals surface area contributed by atoms with E-state index in [-0.39, 0.29) is 23.4 Å². The van der Waals surface area contributed by atoms with Crippen LogP contribution >= 0.6 is 0 Å². The van der Waals surface area contributed by atoms with Crippen molar-refractivity contribution >= 4 is 27.5 Å². The molecule has 1 aliphatic rings. The minimum Gasteiger partial charge on any atom is -0.352 e. The molecule has 1 N–H and O–H groups in total. The highest BCUT2D eigenvalue weighted by molar-refractivity contribution is 7.92. The molecule has 3 aromatic carbocycles. The van der Waals surface area contributed by atoms with E-state index in [0.29, 0.717) is 5.69 Å². The molecule has 1 atom stereocenters. The Balaban J connectivity index is 1.66. The van der Waals surface area contributed by atoms with Crippen LogP contribution in [0.15, 0.2) is 89.8 Å². The Bertz CT molecular complexity index is 1360. The third-order valence-electron chi connectivity index (χ3n) is 7.31. The van der Waals surface area contributed by atoms with Crippen molar-refractivity contribution in [1.82, 2.24) is 10.2 Å². The van der Waals surface area contributed by atoms with Gasteiger partial charge in [-0.3, -0.25) is 13.9 Å². The molecule has 3 aromatic rings. The van der Waals surface area contributed by atoms with E-state index in [0.717, 1.165) is 41.1 Å². The molecule has 8 heteroatoms. The lowest BCUT2D eigenvalue weighted by Gasteiger charge is -2.33. The van der Waals surface area contributed by atoms with E-state index < -0.39 is 28.5 Å². The summed E-state index contributed by atoms with van der Waals surface area (Å²) in [5, 5.41) is 3.13. The van der Waals surface area contributed by atoms with Gasteiger partial charge in [-0.25, -0.2) is 8.42 Å². The van der Waals surface area contributed by atoms with Crippen LogP contribution in [0.2, 0.25) is 0 Å². The number of carbonyl (C=O) groups is 2. The van der Waals surface area contributed by atoms with Crippen LogP contribution in [0.5, 0.6) is 0 Å². The fourth-order valence-electron chi connectivity index (χ4n) is 5.01. The number of amides is 2. The van der Waals surface area contributed by atoms with E-state index in [1.165, 1.54) is 23.5 Å². The highest BCUT2D eigenvalue weighted by Crippen LogP contribution is 2.27. The van der Waals surface area contributed by atoms with E-state index >= 15 is 0 Å². The van der Waals surface area contributed by atoms with E-state index in [4.69, 9.17) is 0 Å². The monoisotopic (exact) mass is 547 g/mol. The fourth-order valence-corrected chi connectivity index (χ4v) is 6.51. The predicted octanol–water partition coefficient (Wildman–Crippen LogP) is 5.06. The van der Waals surface area contributed by atoms with E-state index in [1.54, 1.807) is 37.3 Å². The first-order valence-corrected chi connectivity index (χ1v) is 15.0. The highest BCUT2D eigenvalue weighted by Gasteiger charge is 2.33. The molecule has 1 saturated carbocycles. The van der Waals surface area contributed by atoms with Crippen LogP contribution in [0.1, 0.15) is 50.2 Å². The molecule has 39 heavy (non-hydrogen) atoms. The van der Waals surface area contributed by atoms with Crippen LogP contribution in [0.25, 0.3) is 0 Å². The standard InChI is InChI=1S/C31H37N3O4S/c1-24-14-12-13-21-29(24)34(39(37,38)28-19-10-5-11-20-28)23-30(35)33(22-26-15-6-3-7-16-26)25(2)31(36)32-27-17-8-4-9-18-27/h3,5-7,10-16,19-21,25,27H,4,8-9,17-18,22-23H2,1-2H3,(H,32,36)/t25-/m1/s1. The molecule has 7 nitrogen and oxygen atoms in total. The Morgan fingerprint density at radius 3 is 2.10 bits per heavy atom. The number of carbonyl (C=O) groups excluding carboxylic acids is 2. The maximum atomic E-state index is 14.0. The summed E-state index contributed by atoms with van der Waals surface area (Å²) >= 11 is 0. The lowest BCUT2D eigenvalue weighted by molar-refractivity contribution is -0.139. The van der Waals surface area contributed by atoms with Gasteiger partial charge in [-0.15, -0.1) is 0 Å². The summed E-state index contributed by atoms with van der Waals surface area (Å²) in [4.78, 5) is 28.9. The lowest BCUT2D eigenvalue weighted by atomic mass is 9.95. The van der Waals surface area contributed by atoms with Gasteiger partial charge in [0.1, 0.15) is 12.6 Å². The molecule has 0 unspecified atom stereocenters. The zero-order valence-corrected chi connectivity index (χ0v) is 23.4. The average molecular weight is 548 g/mol. The molecule has 2 amide bonds. The number of sulfonamides is 1. The van der Waals surface area contributed by atoms with Crippen molar-refractivity contribution in [3.63, 3.8) is 0 Å². The first kappa shape index (κ1) is 28.4. The Labute approximate surface area is 231 Å². The summed E-state index contributed by atoms with van der Waals surface area (Å²) in [5.74, 6) is -0.674. The predicted molar refractivity (Wildman–Crippen MR) is 154 cm³/mol. The summed E-state index contributed by atoms with van der Waals surface area (Å²) in [7, 11) is -4.06. The molecule has 1 aliphatic carbocycles. The number of rotatable bonds is 10. The van der Waals surface area contributed by atoms with E-state index in [1.807, 2.05) is 49.4 Å². The van der Waals surface area contributed by atoms with Gasteiger partial charge in [0, 0.05) is 12.6 Å². The van der Waals surface area contributed by atoms with Crippen molar-refractivity contribution in [1.29, 1.82) is 0 Å². The Morgan fingerprint density at radius 1 is 0.872 bits per heavy atom. The molecule has 1 fully saturated rings. The smallest absolute Gasteiger partial charge is 0.264 e.